The first-order valence-corrected chi connectivity index (χ1v) is 10.1. The maximum absolute atomic E-state index is 13.3. The van der Waals surface area contributed by atoms with Gasteiger partial charge in [0.1, 0.15) is 11.5 Å². The second-order valence-corrected chi connectivity index (χ2v) is 8.69. The third-order valence-electron chi connectivity index (χ3n) is 5.80. The fourth-order valence-corrected chi connectivity index (χ4v) is 4.37. The molecule has 4 rings (SSSR count). The maximum atomic E-state index is 13.3. The van der Waals surface area contributed by atoms with Crippen LogP contribution in [0.5, 0.6) is 11.5 Å². The predicted octanol–water partition coefficient (Wildman–Crippen LogP) is 3.29. The first kappa shape index (κ1) is 20.8. The number of rotatable bonds is 4. The minimum atomic E-state index is -1.26. The molecular formula is C24H25N2O5-. The summed E-state index contributed by atoms with van der Waals surface area (Å²) in [4.78, 5) is 24.7. The van der Waals surface area contributed by atoms with E-state index in [9.17, 15) is 14.7 Å². The van der Waals surface area contributed by atoms with Crippen LogP contribution < -0.4 is 25.2 Å². The Hall–Kier alpha value is -3.48. The normalized spacial score (nSPS) is 19.4. The molecule has 0 amide bonds. The molecule has 7 nitrogen and oxygen atoms in total. The van der Waals surface area contributed by atoms with Crippen molar-refractivity contribution in [2.75, 3.05) is 24.9 Å². The van der Waals surface area contributed by atoms with E-state index in [2.05, 4.69) is 10.6 Å². The molecular weight excluding hydrogens is 396 g/mol. The van der Waals surface area contributed by atoms with E-state index >= 15 is 0 Å². The highest BCUT2D eigenvalue weighted by molar-refractivity contribution is 6.01. The predicted molar refractivity (Wildman–Crippen MR) is 115 cm³/mol. The maximum Gasteiger partial charge on any atom is 0.163 e. The van der Waals surface area contributed by atoms with Gasteiger partial charge < -0.3 is 30.0 Å². The van der Waals surface area contributed by atoms with Gasteiger partial charge in [-0.1, -0.05) is 19.9 Å². The molecule has 0 bridgehead atoms. The zero-order valence-corrected chi connectivity index (χ0v) is 18.0. The molecule has 2 aliphatic rings. The van der Waals surface area contributed by atoms with E-state index in [1.165, 1.54) is 12.1 Å². The minimum Gasteiger partial charge on any atom is -0.545 e. The Morgan fingerprint density at radius 3 is 2.52 bits per heavy atom. The monoisotopic (exact) mass is 421 g/mol. The van der Waals surface area contributed by atoms with Gasteiger partial charge in [0.25, 0.3) is 0 Å². The van der Waals surface area contributed by atoms with Gasteiger partial charge in [0.15, 0.2) is 5.78 Å². The third kappa shape index (κ3) is 3.83. The van der Waals surface area contributed by atoms with Gasteiger partial charge in [-0.2, -0.15) is 0 Å². The van der Waals surface area contributed by atoms with Gasteiger partial charge >= 0.3 is 0 Å². The van der Waals surface area contributed by atoms with E-state index in [4.69, 9.17) is 9.47 Å². The van der Waals surface area contributed by atoms with Crippen LogP contribution in [0.3, 0.4) is 0 Å². The number of carboxylic acid groups (broad SMARTS) is 1. The SMILES string of the molecule is COc1ccc(OC)c([C@@H]2Nc3ccc(C(=O)[O-])cc3NC3=C2C(=O)CC(C)(C)C3)c1. The van der Waals surface area contributed by atoms with E-state index in [0.717, 1.165) is 11.3 Å². The Morgan fingerprint density at radius 1 is 1.06 bits per heavy atom. The van der Waals surface area contributed by atoms with Crippen molar-refractivity contribution < 1.29 is 24.2 Å². The van der Waals surface area contributed by atoms with Gasteiger partial charge in [0.2, 0.25) is 0 Å². The quantitative estimate of drug-likeness (QED) is 0.781. The number of ether oxygens (including phenoxy) is 2. The molecule has 31 heavy (non-hydrogen) atoms. The smallest absolute Gasteiger partial charge is 0.163 e. The molecule has 2 N–H and O–H groups in total. The van der Waals surface area contributed by atoms with E-state index in [1.54, 1.807) is 26.4 Å². The summed E-state index contributed by atoms with van der Waals surface area (Å²) in [6.45, 7) is 4.10. The molecule has 0 fully saturated rings. The van der Waals surface area contributed by atoms with Crippen LogP contribution in [0.25, 0.3) is 0 Å². The highest BCUT2D eigenvalue weighted by atomic mass is 16.5. The standard InChI is InChI=1S/C24H26N2O5/c1-24(2)11-18-21(19(27)12-24)22(15-10-14(30-3)6-8-20(15)31-4)26-16-7-5-13(23(28)29)9-17(16)25-18/h5-10,22,25-26H,11-12H2,1-4H3,(H,28,29)/p-1/t22-/m0/s1. The average molecular weight is 421 g/mol. The number of methoxy groups -OCH3 is 2. The lowest BCUT2D eigenvalue weighted by molar-refractivity contribution is -0.255. The van der Waals surface area contributed by atoms with Crippen molar-refractivity contribution in [3.8, 4) is 11.5 Å². The van der Waals surface area contributed by atoms with Crippen molar-refractivity contribution >= 4 is 23.1 Å². The zero-order chi connectivity index (χ0) is 22.3. The lowest BCUT2D eigenvalue weighted by Gasteiger charge is -2.34. The number of fused-ring (bicyclic) bond motifs is 1. The number of carboxylic acids is 1. The lowest BCUT2D eigenvalue weighted by atomic mass is 9.73. The average Bonchev–Trinajstić information content (AvgIpc) is 2.87. The molecule has 2 aromatic rings. The second kappa shape index (κ2) is 7.65. The number of aromatic carboxylic acids is 1. The summed E-state index contributed by atoms with van der Waals surface area (Å²) >= 11 is 0. The van der Waals surface area contributed by atoms with Crippen molar-refractivity contribution in [2.45, 2.75) is 32.7 Å². The number of hydrogen-bond acceptors (Lipinski definition) is 7. The van der Waals surface area contributed by atoms with Crippen molar-refractivity contribution in [1.82, 2.24) is 0 Å². The molecule has 7 heteroatoms. The number of nitrogens with one attached hydrogen (secondary N) is 2. The molecule has 162 valence electrons. The third-order valence-corrected chi connectivity index (χ3v) is 5.80. The number of ketones is 1. The molecule has 2 aromatic carbocycles. The fraction of sp³-hybridized carbons (Fsp3) is 0.333. The Balaban J connectivity index is 1.93. The lowest BCUT2D eigenvalue weighted by Crippen LogP contribution is -2.31. The minimum absolute atomic E-state index is 0.0362. The summed E-state index contributed by atoms with van der Waals surface area (Å²) < 4.78 is 11.0. The zero-order valence-electron chi connectivity index (χ0n) is 18.0. The van der Waals surface area contributed by atoms with Gasteiger partial charge in [-0.25, -0.2) is 0 Å². The van der Waals surface area contributed by atoms with E-state index in [0.29, 0.717) is 41.3 Å². The number of Topliss-reactive ketones (excluding diaryl/α,β-unsaturated/α-hetero) is 1. The molecule has 0 radical (unpaired) electrons. The number of hydrogen-bond donors (Lipinski definition) is 2. The van der Waals surface area contributed by atoms with Gasteiger partial charge in [-0.15, -0.1) is 0 Å². The van der Waals surface area contributed by atoms with Gasteiger partial charge in [-0.05, 0) is 47.7 Å². The second-order valence-electron chi connectivity index (χ2n) is 8.69. The molecule has 0 unspecified atom stereocenters. The Morgan fingerprint density at radius 2 is 1.84 bits per heavy atom. The topological polar surface area (TPSA) is 99.7 Å². The Bertz CT molecular complexity index is 1100. The van der Waals surface area contributed by atoms with Crippen molar-refractivity contribution in [2.24, 2.45) is 5.41 Å². The van der Waals surface area contributed by atoms with Crippen LogP contribution in [-0.2, 0) is 4.79 Å². The van der Waals surface area contributed by atoms with Crippen LogP contribution in [0, 0.1) is 5.41 Å². The van der Waals surface area contributed by atoms with Crippen molar-refractivity contribution in [1.29, 1.82) is 0 Å². The molecule has 1 heterocycles. The summed E-state index contributed by atoms with van der Waals surface area (Å²) in [6.07, 6.45) is 1.06. The summed E-state index contributed by atoms with van der Waals surface area (Å²) in [6, 6.07) is 9.67. The molecule has 1 aliphatic carbocycles. The summed E-state index contributed by atoms with van der Waals surface area (Å²) in [5.41, 5.74) is 3.27. The summed E-state index contributed by atoms with van der Waals surface area (Å²) in [5, 5.41) is 18.2. The Labute approximate surface area is 181 Å². The van der Waals surface area contributed by atoms with Crippen LogP contribution in [0.2, 0.25) is 0 Å². The number of allylic oxidation sites excluding steroid dienone is 1. The number of carbonyl (C=O) groups excluding carboxylic acids is 2. The van der Waals surface area contributed by atoms with E-state index < -0.39 is 12.0 Å². The van der Waals surface area contributed by atoms with Crippen LogP contribution in [0.15, 0.2) is 47.7 Å². The highest BCUT2D eigenvalue weighted by Gasteiger charge is 2.39. The van der Waals surface area contributed by atoms with Gasteiger partial charge in [-0.3, -0.25) is 4.79 Å². The molecule has 0 saturated heterocycles. The first-order valence-electron chi connectivity index (χ1n) is 10.1. The van der Waals surface area contributed by atoms with E-state index in [-0.39, 0.29) is 16.8 Å². The Kier molecular flexibility index (Phi) is 5.13. The molecule has 0 saturated carbocycles. The molecule has 1 aliphatic heterocycles. The number of carbonyl (C=O) groups is 2. The molecule has 0 spiro atoms. The number of benzene rings is 2. The molecule has 0 aromatic heterocycles. The fourth-order valence-electron chi connectivity index (χ4n) is 4.37. The van der Waals surface area contributed by atoms with Crippen LogP contribution >= 0.6 is 0 Å². The van der Waals surface area contributed by atoms with Crippen LogP contribution in [0.1, 0.15) is 48.7 Å². The largest absolute Gasteiger partial charge is 0.545 e. The molecule has 1 atom stereocenters. The number of anilines is 2. The van der Waals surface area contributed by atoms with Gasteiger partial charge in [0, 0.05) is 23.3 Å². The highest BCUT2D eigenvalue weighted by Crippen LogP contribution is 2.47. The van der Waals surface area contributed by atoms with Crippen molar-refractivity contribution in [3.05, 3.63) is 58.8 Å². The van der Waals surface area contributed by atoms with Crippen LogP contribution in [-0.4, -0.2) is 26.0 Å². The summed E-state index contributed by atoms with van der Waals surface area (Å²) in [7, 11) is 3.17. The summed E-state index contributed by atoms with van der Waals surface area (Å²) in [5.74, 6) is 0.0498. The first-order chi connectivity index (χ1) is 14.7. The van der Waals surface area contributed by atoms with Crippen molar-refractivity contribution in [3.63, 3.8) is 0 Å². The van der Waals surface area contributed by atoms with Crippen LogP contribution in [0.4, 0.5) is 11.4 Å². The van der Waals surface area contributed by atoms with Gasteiger partial charge in [0.05, 0.1) is 37.6 Å². The van der Waals surface area contributed by atoms with E-state index in [1.807, 2.05) is 26.0 Å².